The third-order valence-electron chi connectivity index (χ3n) is 7.27. The highest BCUT2D eigenvalue weighted by Crippen LogP contribution is 2.49. The Labute approximate surface area is 227 Å². The molecule has 206 valence electrons. The summed E-state index contributed by atoms with van der Waals surface area (Å²) in [4.78, 5) is 53.6. The van der Waals surface area contributed by atoms with Gasteiger partial charge in [0.25, 0.3) is 5.69 Å². The lowest BCUT2D eigenvalue weighted by Gasteiger charge is -2.50. The first kappa shape index (κ1) is 29.4. The molecule has 0 bridgehead atoms. The molecule has 0 aliphatic heterocycles. The lowest BCUT2D eigenvalue weighted by Crippen LogP contribution is -2.50. The van der Waals surface area contributed by atoms with Crippen LogP contribution in [-0.4, -0.2) is 43.5 Å². The quantitative estimate of drug-likeness (QED) is 0.146. The van der Waals surface area contributed by atoms with Crippen LogP contribution < -0.4 is 0 Å². The Hall–Kier alpha value is -3.14. The average molecular weight is 547 g/mol. The van der Waals surface area contributed by atoms with E-state index in [4.69, 9.17) is 16.3 Å². The molecule has 0 N–H and O–H groups in total. The molecule has 2 atom stereocenters. The van der Waals surface area contributed by atoms with Gasteiger partial charge in [-0.15, -0.1) is 5.10 Å². The minimum absolute atomic E-state index is 0.0167. The largest absolute Gasteiger partial charge is 0.456 e. The number of nitrogens with zero attached hydrogens (tertiary/aromatic N) is 4. The van der Waals surface area contributed by atoms with E-state index >= 15 is 0 Å². The van der Waals surface area contributed by atoms with E-state index in [9.17, 15) is 24.5 Å². The Kier molecular flexibility index (Phi) is 8.17. The zero-order chi connectivity index (χ0) is 28.7. The molecule has 1 heterocycles. The molecule has 1 aliphatic carbocycles. The van der Waals surface area contributed by atoms with Crippen molar-refractivity contribution in [3.63, 3.8) is 0 Å². The molecule has 1 aromatic carbocycles. The van der Waals surface area contributed by atoms with Gasteiger partial charge < -0.3 is 4.74 Å². The van der Waals surface area contributed by atoms with Crippen LogP contribution in [0.4, 0.5) is 5.69 Å². The summed E-state index contributed by atoms with van der Waals surface area (Å²) in [6.07, 6.45) is 1.20. The number of hydrogen-bond acceptors (Lipinski definition) is 8. The van der Waals surface area contributed by atoms with Crippen molar-refractivity contribution in [2.45, 2.75) is 74.3 Å². The summed E-state index contributed by atoms with van der Waals surface area (Å²) >= 11 is 5.89. The van der Waals surface area contributed by atoms with E-state index in [1.807, 2.05) is 0 Å². The molecule has 38 heavy (non-hydrogen) atoms. The van der Waals surface area contributed by atoms with Crippen molar-refractivity contribution in [3.05, 3.63) is 39.2 Å². The molecule has 0 saturated heterocycles. The molecular weight excluding hydrogens is 512 g/mol. The first-order chi connectivity index (χ1) is 17.4. The van der Waals surface area contributed by atoms with Crippen LogP contribution in [-0.2, 0) is 9.53 Å². The molecule has 1 fully saturated rings. The fraction of sp³-hybridized carbons (Fsp3) is 0.593. The topological polar surface area (TPSA) is 134 Å². The molecule has 0 radical (unpaired) electrons. The van der Waals surface area contributed by atoms with E-state index in [0.29, 0.717) is 10.6 Å². The van der Waals surface area contributed by atoms with Crippen molar-refractivity contribution in [3.8, 4) is 11.4 Å². The van der Waals surface area contributed by atoms with Gasteiger partial charge in [-0.05, 0) is 41.7 Å². The number of hydrogen-bond donors (Lipinski definition) is 0. The zero-order valence-electron chi connectivity index (χ0n) is 23.1. The monoisotopic (exact) mass is 546 g/mol. The van der Waals surface area contributed by atoms with Crippen molar-refractivity contribution in [1.29, 1.82) is 0 Å². The van der Waals surface area contributed by atoms with Crippen molar-refractivity contribution in [2.24, 2.45) is 28.6 Å². The summed E-state index contributed by atoms with van der Waals surface area (Å²) in [5.41, 5.74) is -0.585. The van der Waals surface area contributed by atoms with Gasteiger partial charge in [0.2, 0.25) is 11.7 Å². The molecular formula is C27H35ClN4O6. The van der Waals surface area contributed by atoms with Crippen LogP contribution in [0.15, 0.2) is 18.2 Å². The summed E-state index contributed by atoms with van der Waals surface area (Å²) in [7, 11) is 0. The maximum Gasteiger partial charge on any atom is 0.383 e. The van der Waals surface area contributed by atoms with Gasteiger partial charge in [-0.25, -0.2) is 9.78 Å². The van der Waals surface area contributed by atoms with Gasteiger partial charge in [-0.3, -0.25) is 19.7 Å². The molecule has 3 rings (SSSR count). The Morgan fingerprint density at radius 1 is 1.08 bits per heavy atom. The Morgan fingerprint density at radius 2 is 1.63 bits per heavy atom. The number of nitro groups is 1. The first-order valence-corrected chi connectivity index (χ1v) is 13.0. The van der Waals surface area contributed by atoms with Gasteiger partial charge >= 0.3 is 11.8 Å². The SMILES string of the molecule is CC(=O)n1nc(-c2ccc(Cl)c([N+](=O)[O-])c2)nc1C(=O)C(=O)OC1C(C(C)(C)C)CC(C)CC1C(C)(C)C. The van der Waals surface area contributed by atoms with Crippen LogP contribution in [0, 0.1) is 38.7 Å². The Bertz CT molecular complexity index is 1250. The summed E-state index contributed by atoms with van der Waals surface area (Å²) in [5.74, 6) is -3.07. The number of halogens is 1. The predicted molar refractivity (Wildman–Crippen MR) is 142 cm³/mol. The van der Waals surface area contributed by atoms with Gasteiger partial charge in [0.1, 0.15) is 11.1 Å². The lowest BCUT2D eigenvalue weighted by molar-refractivity contribution is -0.384. The zero-order valence-corrected chi connectivity index (χ0v) is 23.8. The second-order valence-corrected chi connectivity index (χ2v) is 12.7. The number of ether oxygens (including phenoxy) is 1. The maximum atomic E-state index is 13.3. The van der Waals surface area contributed by atoms with Gasteiger partial charge in [0.15, 0.2) is 5.82 Å². The molecule has 1 aliphatic rings. The van der Waals surface area contributed by atoms with E-state index in [0.717, 1.165) is 18.9 Å². The second-order valence-electron chi connectivity index (χ2n) is 12.3. The van der Waals surface area contributed by atoms with Crippen LogP contribution in [0.3, 0.4) is 0 Å². The summed E-state index contributed by atoms with van der Waals surface area (Å²) < 4.78 is 6.68. The van der Waals surface area contributed by atoms with Crippen molar-refractivity contribution in [2.75, 3.05) is 0 Å². The van der Waals surface area contributed by atoms with E-state index in [2.05, 4.69) is 58.5 Å². The first-order valence-electron chi connectivity index (χ1n) is 12.6. The number of rotatable bonds is 5. The Balaban J connectivity index is 1.99. The highest BCUT2D eigenvalue weighted by atomic mass is 35.5. The number of carbonyl (C=O) groups excluding carboxylic acids is 3. The minimum Gasteiger partial charge on any atom is -0.456 e. The van der Waals surface area contributed by atoms with Crippen molar-refractivity contribution in [1.82, 2.24) is 14.8 Å². The molecule has 0 spiro atoms. The normalized spacial score (nSPS) is 22.1. The molecule has 1 saturated carbocycles. The highest BCUT2D eigenvalue weighted by Gasteiger charge is 2.48. The second kappa shape index (κ2) is 10.6. The number of carbonyl (C=O) groups is 3. The summed E-state index contributed by atoms with van der Waals surface area (Å²) in [5, 5.41) is 15.2. The number of esters is 1. The lowest BCUT2D eigenvalue weighted by atomic mass is 9.59. The summed E-state index contributed by atoms with van der Waals surface area (Å²) in [6.45, 7) is 16.0. The third-order valence-corrected chi connectivity index (χ3v) is 7.59. The van der Waals surface area contributed by atoms with Gasteiger partial charge in [-0.1, -0.05) is 60.1 Å². The van der Waals surface area contributed by atoms with Crippen LogP contribution >= 0.6 is 11.6 Å². The number of nitro benzene ring substituents is 1. The van der Waals surface area contributed by atoms with Crippen molar-refractivity contribution >= 4 is 34.9 Å². The van der Waals surface area contributed by atoms with Gasteiger partial charge in [0.05, 0.1) is 4.92 Å². The third kappa shape index (κ3) is 6.11. The van der Waals surface area contributed by atoms with Crippen molar-refractivity contribution < 1.29 is 24.0 Å². The van der Waals surface area contributed by atoms with E-state index < -0.39 is 34.5 Å². The maximum absolute atomic E-state index is 13.3. The molecule has 2 aromatic rings. The number of aromatic nitrogens is 3. The van der Waals surface area contributed by atoms with Gasteiger partial charge in [0, 0.05) is 30.4 Å². The smallest absolute Gasteiger partial charge is 0.383 e. The molecule has 11 heteroatoms. The van der Waals surface area contributed by atoms with Crippen LogP contribution in [0.5, 0.6) is 0 Å². The fourth-order valence-corrected chi connectivity index (χ4v) is 5.42. The van der Waals surface area contributed by atoms with E-state index in [1.165, 1.54) is 19.1 Å². The van der Waals surface area contributed by atoms with Crippen LogP contribution in [0.1, 0.15) is 83.6 Å². The van der Waals surface area contributed by atoms with Crippen LogP contribution in [0.2, 0.25) is 5.02 Å². The number of benzene rings is 1. The standard InChI is InChI=1S/C27H35ClN4O6/c1-14-11-17(26(3,4)5)22(18(12-14)27(6,7)8)38-25(35)21(34)24-29-23(30-31(24)15(2)33)16-9-10-19(28)20(13-16)32(36)37/h9-10,13-14,17-18,22H,11-12H2,1-8H3. The van der Waals surface area contributed by atoms with Gasteiger partial charge in [-0.2, -0.15) is 4.68 Å². The minimum atomic E-state index is -1.11. The number of Topliss-reactive ketones (excluding diaryl/α,β-unsaturated/α-hetero) is 1. The fourth-order valence-electron chi connectivity index (χ4n) is 5.23. The predicted octanol–water partition coefficient (Wildman–Crippen LogP) is 6.02. The highest BCUT2D eigenvalue weighted by molar-refractivity contribution is 6.40. The van der Waals surface area contributed by atoms with E-state index in [1.54, 1.807) is 0 Å². The molecule has 0 amide bonds. The Morgan fingerprint density at radius 3 is 2.11 bits per heavy atom. The molecule has 2 unspecified atom stereocenters. The molecule has 10 nitrogen and oxygen atoms in total. The van der Waals surface area contributed by atoms with Crippen LogP contribution in [0.25, 0.3) is 11.4 Å². The number of ketones is 1. The van der Waals surface area contributed by atoms with E-state index in [-0.39, 0.29) is 44.8 Å². The average Bonchev–Trinajstić information content (AvgIpc) is 3.24. The molecule has 1 aromatic heterocycles. The summed E-state index contributed by atoms with van der Waals surface area (Å²) in [6, 6.07) is 3.86.